The summed E-state index contributed by atoms with van der Waals surface area (Å²) in [7, 11) is 1.72. The Hall–Kier alpha value is -1.93. The molecule has 0 aliphatic heterocycles. The minimum atomic E-state index is 0.777. The van der Waals surface area contributed by atoms with Crippen molar-refractivity contribution in [3.63, 3.8) is 0 Å². The fraction of sp³-hybridized carbons (Fsp3) is 0.222. The van der Waals surface area contributed by atoms with Gasteiger partial charge in [-0.25, -0.2) is 0 Å². The van der Waals surface area contributed by atoms with E-state index in [1.54, 1.807) is 7.11 Å². The first-order chi connectivity index (χ1) is 10.2. The third-order valence-electron chi connectivity index (χ3n) is 3.80. The molecule has 1 heterocycles. The maximum Gasteiger partial charge on any atom is 0.128 e. The monoisotopic (exact) mass is 299 g/mol. The van der Waals surface area contributed by atoms with Crippen molar-refractivity contribution in [2.24, 2.45) is 0 Å². The van der Waals surface area contributed by atoms with E-state index in [4.69, 9.17) is 16.3 Å². The van der Waals surface area contributed by atoms with Crippen LogP contribution in [-0.4, -0.2) is 11.7 Å². The Balaban J connectivity index is 2.12. The van der Waals surface area contributed by atoms with Gasteiger partial charge in [-0.3, -0.25) is 0 Å². The smallest absolute Gasteiger partial charge is 0.128 e. The minimum absolute atomic E-state index is 0.777. The largest absolute Gasteiger partial charge is 0.496 e. The standard InChI is InChI=1S/C18H18ClNO/c1-3-15-11-16-17(8-5-9-18(16)21-2)20(15)12-13-6-4-7-14(19)10-13/h4-11H,3,12H2,1-2H3. The summed E-state index contributed by atoms with van der Waals surface area (Å²) in [6.45, 7) is 3.00. The van der Waals surface area contributed by atoms with Crippen molar-refractivity contribution in [2.45, 2.75) is 19.9 Å². The van der Waals surface area contributed by atoms with Crippen molar-refractivity contribution in [1.29, 1.82) is 0 Å². The fourth-order valence-electron chi connectivity index (χ4n) is 2.79. The molecule has 0 saturated heterocycles. The molecule has 0 aliphatic carbocycles. The van der Waals surface area contributed by atoms with E-state index in [2.05, 4.69) is 29.7 Å². The second-order valence-corrected chi connectivity index (χ2v) is 5.53. The lowest BCUT2D eigenvalue weighted by molar-refractivity contribution is 0.420. The van der Waals surface area contributed by atoms with Crippen LogP contribution in [0.25, 0.3) is 10.9 Å². The van der Waals surface area contributed by atoms with Gasteiger partial charge in [0, 0.05) is 22.6 Å². The number of methoxy groups -OCH3 is 1. The molecule has 0 radical (unpaired) electrons. The summed E-state index contributed by atoms with van der Waals surface area (Å²) in [5, 5.41) is 1.94. The zero-order valence-electron chi connectivity index (χ0n) is 12.3. The first-order valence-electron chi connectivity index (χ1n) is 7.12. The number of nitrogens with zero attached hydrogens (tertiary/aromatic N) is 1. The van der Waals surface area contributed by atoms with Gasteiger partial charge in [0.2, 0.25) is 0 Å². The van der Waals surface area contributed by atoms with Gasteiger partial charge < -0.3 is 9.30 Å². The van der Waals surface area contributed by atoms with Crippen molar-refractivity contribution in [1.82, 2.24) is 4.57 Å². The second-order valence-electron chi connectivity index (χ2n) is 5.10. The van der Waals surface area contributed by atoms with Crippen LogP contribution in [0.1, 0.15) is 18.2 Å². The molecule has 21 heavy (non-hydrogen) atoms. The number of rotatable bonds is 4. The van der Waals surface area contributed by atoms with Crippen molar-refractivity contribution in [3.05, 3.63) is 64.8 Å². The van der Waals surface area contributed by atoms with E-state index in [-0.39, 0.29) is 0 Å². The Bertz CT molecular complexity index is 776. The second kappa shape index (κ2) is 5.82. The molecule has 0 bridgehead atoms. The van der Waals surface area contributed by atoms with Gasteiger partial charge in [-0.15, -0.1) is 0 Å². The molecule has 108 valence electrons. The topological polar surface area (TPSA) is 14.2 Å². The van der Waals surface area contributed by atoms with Crippen molar-refractivity contribution >= 4 is 22.5 Å². The van der Waals surface area contributed by atoms with E-state index in [0.717, 1.165) is 23.7 Å². The minimum Gasteiger partial charge on any atom is -0.496 e. The first kappa shape index (κ1) is 14.0. The highest BCUT2D eigenvalue weighted by Gasteiger charge is 2.11. The van der Waals surface area contributed by atoms with Gasteiger partial charge >= 0.3 is 0 Å². The highest BCUT2D eigenvalue weighted by atomic mass is 35.5. The van der Waals surface area contributed by atoms with Crippen LogP contribution in [0, 0.1) is 0 Å². The normalized spacial score (nSPS) is 11.0. The van der Waals surface area contributed by atoms with Gasteiger partial charge in [-0.05, 0) is 42.3 Å². The summed E-state index contributed by atoms with van der Waals surface area (Å²) in [5.41, 5.74) is 3.71. The third kappa shape index (κ3) is 2.64. The Morgan fingerprint density at radius 2 is 1.90 bits per heavy atom. The quantitative estimate of drug-likeness (QED) is 0.667. The molecule has 0 spiro atoms. The van der Waals surface area contributed by atoms with Gasteiger partial charge in [-0.2, -0.15) is 0 Å². The Morgan fingerprint density at radius 3 is 2.62 bits per heavy atom. The zero-order chi connectivity index (χ0) is 14.8. The number of hydrogen-bond acceptors (Lipinski definition) is 1. The number of aromatic nitrogens is 1. The van der Waals surface area contributed by atoms with Crippen molar-refractivity contribution < 1.29 is 4.74 Å². The Morgan fingerprint density at radius 1 is 1.10 bits per heavy atom. The average Bonchev–Trinajstić information content (AvgIpc) is 2.85. The van der Waals surface area contributed by atoms with Gasteiger partial charge in [0.15, 0.2) is 0 Å². The van der Waals surface area contributed by atoms with Gasteiger partial charge in [0.25, 0.3) is 0 Å². The number of fused-ring (bicyclic) bond motifs is 1. The van der Waals surface area contributed by atoms with Crippen molar-refractivity contribution in [3.8, 4) is 5.75 Å². The molecule has 3 heteroatoms. The molecule has 2 nitrogen and oxygen atoms in total. The summed E-state index contributed by atoms with van der Waals surface area (Å²) in [6.07, 6.45) is 0.985. The highest BCUT2D eigenvalue weighted by molar-refractivity contribution is 6.30. The van der Waals surface area contributed by atoms with Crippen LogP contribution in [0.15, 0.2) is 48.5 Å². The Kier molecular flexibility index (Phi) is 3.89. The molecule has 0 aliphatic rings. The maximum absolute atomic E-state index is 6.10. The molecule has 0 saturated carbocycles. The van der Waals surface area contributed by atoms with E-state index in [1.807, 2.05) is 30.3 Å². The van der Waals surface area contributed by atoms with Crippen LogP contribution in [0.2, 0.25) is 5.02 Å². The van der Waals surface area contributed by atoms with Crippen LogP contribution >= 0.6 is 11.6 Å². The number of ether oxygens (including phenoxy) is 1. The van der Waals surface area contributed by atoms with E-state index >= 15 is 0 Å². The molecule has 0 fully saturated rings. The summed E-state index contributed by atoms with van der Waals surface area (Å²) in [4.78, 5) is 0. The van der Waals surface area contributed by atoms with E-state index in [9.17, 15) is 0 Å². The molecule has 3 aromatic rings. The molecule has 0 unspecified atom stereocenters. The lowest BCUT2D eigenvalue weighted by atomic mass is 10.2. The summed E-state index contributed by atoms with van der Waals surface area (Å²) in [6, 6.07) is 16.4. The molecule has 0 atom stereocenters. The van der Waals surface area contributed by atoms with Gasteiger partial charge in [0.1, 0.15) is 5.75 Å². The number of benzene rings is 2. The van der Waals surface area contributed by atoms with Crippen LogP contribution in [-0.2, 0) is 13.0 Å². The maximum atomic E-state index is 6.10. The molecule has 0 amide bonds. The van der Waals surface area contributed by atoms with Gasteiger partial charge in [-0.1, -0.05) is 36.7 Å². The number of hydrogen-bond donors (Lipinski definition) is 0. The van der Waals surface area contributed by atoms with Crippen LogP contribution < -0.4 is 4.74 Å². The molecule has 3 rings (SSSR count). The van der Waals surface area contributed by atoms with E-state index in [1.165, 1.54) is 22.2 Å². The predicted octanol–water partition coefficient (Wildman–Crippen LogP) is 4.91. The third-order valence-corrected chi connectivity index (χ3v) is 4.04. The fourth-order valence-corrected chi connectivity index (χ4v) is 3.00. The summed E-state index contributed by atoms with van der Waals surface area (Å²) >= 11 is 6.10. The van der Waals surface area contributed by atoms with E-state index in [0.29, 0.717) is 0 Å². The number of aryl methyl sites for hydroxylation is 1. The lowest BCUT2D eigenvalue weighted by Gasteiger charge is -2.10. The molecular formula is C18H18ClNO. The summed E-state index contributed by atoms with van der Waals surface area (Å²) < 4.78 is 7.81. The lowest BCUT2D eigenvalue weighted by Crippen LogP contribution is -2.03. The predicted molar refractivity (Wildman–Crippen MR) is 88.4 cm³/mol. The molecular weight excluding hydrogens is 282 g/mol. The molecule has 0 N–H and O–H groups in total. The van der Waals surface area contributed by atoms with Crippen LogP contribution in [0.3, 0.4) is 0 Å². The Labute approximate surface area is 129 Å². The first-order valence-corrected chi connectivity index (χ1v) is 7.50. The highest BCUT2D eigenvalue weighted by Crippen LogP contribution is 2.29. The van der Waals surface area contributed by atoms with Crippen LogP contribution in [0.5, 0.6) is 5.75 Å². The van der Waals surface area contributed by atoms with Gasteiger partial charge in [0.05, 0.1) is 12.6 Å². The van der Waals surface area contributed by atoms with Crippen molar-refractivity contribution in [2.75, 3.05) is 7.11 Å². The molecule has 2 aromatic carbocycles. The zero-order valence-corrected chi connectivity index (χ0v) is 13.0. The number of halogens is 1. The van der Waals surface area contributed by atoms with E-state index < -0.39 is 0 Å². The average molecular weight is 300 g/mol. The van der Waals surface area contributed by atoms with Crippen LogP contribution in [0.4, 0.5) is 0 Å². The summed E-state index contributed by atoms with van der Waals surface area (Å²) in [5.74, 6) is 0.923. The SMILES string of the molecule is CCc1cc2c(OC)cccc2n1Cc1cccc(Cl)c1. The molecule has 1 aromatic heterocycles.